The van der Waals surface area contributed by atoms with Crippen LogP contribution in [-0.4, -0.2) is 35.3 Å². The van der Waals surface area contributed by atoms with Gasteiger partial charge in [0.25, 0.3) is 5.69 Å². The molecule has 114 valence electrons. The monoisotopic (exact) mass is 302 g/mol. The number of nitro benzene ring substituents is 1. The third-order valence-corrected chi connectivity index (χ3v) is 3.50. The van der Waals surface area contributed by atoms with E-state index in [-0.39, 0.29) is 13.2 Å². The second-order valence-corrected chi connectivity index (χ2v) is 4.98. The molecule has 1 aromatic carbocycles. The number of anilines is 1. The topological polar surface area (TPSA) is 102 Å². The lowest BCUT2D eigenvalue weighted by molar-refractivity contribution is -0.385. The number of carbonyl (C=O) groups is 1. The summed E-state index contributed by atoms with van der Waals surface area (Å²) in [5.74, 6) is -3.50. The largest absolute Gasteiger partial charge is 0.481 e. The minimum atomic E-state index is -1.35. The van der Waals surface area contributed by atoms with Gasteiger partial charge in [-0.25, -0.2) is 8.78 Å². The standard InChI is InChI=1S/C12H12F2N2O5/c1-12(11(17)18)5-21-4-9(12)15-10-7(13)2-6(16(19)20)3-8(10)14/h2-3,9,15H,4-5H2,1H3,(H,17,18). The predicted molar refractivity (Wildman–Crippen MR) is 67.0 cm³/mol. The maximum atomic E-state index is 13.8. The van der Waals surface area contributed by atoms with Crippen LogP contribution in [0.2, 0.25) is 0 Å². The average molecular weight is 302 g/mol. The normalized spacial score (nSPS) is 24.8. The van der Waals surface area contributed by atoms with Gasteiger partial charge in [0, 0.05) is 0 Å². The molecular weight excluding hydrogens is 290 g/mol. The summed E-state index contributed by atoms with van der Waals surface area (Å²) in [6.07, 6.45) is 0. The van der Waals surface area contributed by atoms with Crippen LogP contribution in [0.15, 0.2) is 12.1 Å². The lowest BCUT2D eigenvalue weighted by atomic mass is 9.85. The van der Waals surface area contributed by atoms with Crippen molar-refractivity contribution in [3.8, 4) is 0 Å². The van der Waals surface area contributed by atoms with Crippen molar-refractivity contribution >= 4 is 17.3 Å². The smallest absolute Gasteiger partial charge is 0.313 e. The van der Waals surface area contributed by atoms with Crippen LogP contribution >= 0.6 is 0 Å². The van der Waals surface area contributed by atoms with E-state index in [2.05, 4.69) is 5.32 Å². The summed E-state index contributed by atoms with van der Waals surface area (Å²) in [7, 11) is 0. The molecule has 2 N–H and O–H groups in total. The van der Waals surface area contributed by atoms with Gasteiger partial charge in [-0.15, -0.1) is 0 Å². The van der Waals surface area contributed by atoms with E-state index in [4.69, 9.17) is 4.74 Å². The van der Waals surface area contributed by atoms with Crippen molar-refractivity contribution < 1.29 is 28.3 Å². The first-order valence-corrected chi connectivity index (χ1v) is 5.97. The van der Waals surface area contributed by atoms with Crippen molar-refractivity contribution in [2.45, 2.75) is 13.0 Å². The van der Waals surface area contributed by atoms with Gasteiger partial charge in [-0.05, 0) is 6.92 Å². The molecule has 0 amide bonds. The zero-order valence-corrected chi connectivity index (χ0v) is 10.9. The highest BCUT2D eigenvalue weighted by Crippen LogP contribution is 2.33. The van der Waals surface area contributed by atoms with Crippen molar-refractivity contribution in [3.63, 3.8) is 0 Å². The number of nitro groups is 1. The molecule has 0 spiro atoms. The number of aliphatic carboxylic acids is 1. The Balaban J connectivity index is 2.32. The molecule has 2 rings (SSSR count). The second-order valence-electron chi connectivity index (χ2n) is 4.98. The van der Waals surface area contributed by atoms with Gasteiger partial charge in [-0.2, -0.15) is 0 Å². The molecule has 2 unspecified atom stereocenters. The van der Waals surface area contributed by atoms with Crippen LogP contribution in [0.25, 0.3) is 0 Å². The van der Waals surface area contributed by atoms with E-state index >= 15 is 0 Å². The molecule has 2 atom stereocenters. The van der Waals surface area contributed by atoms with Crippen molar-refractivity contribution in [2.75, 3.05) is 18.5 Å². The third-order valence-electron chi connectivity index (χ3n) is 3.50. The van der Waals surface area contributed by atoms with E-state index in [0.717, 1.165) is 0 Å². The molecule has 1 aromatic rings. The molecule has 1 aliphatic heterocycles. The number of hydrogen-bond donors (Lipinski definition) is 2. The fourth-order valence-corrected chi connectivity index (χ4v) is 2.06. The lowest BCUT2D eigenvalue weighted by Crippen LogP contribution is -2.43. The second kappa shape index (κ2) is 5.24. The number of nitrogens with one attached hydrogen (secondary N) is 1. The average Bonchev–Trinajstić information content (AvgIpc) is 2.76. The Bertz CT molecular complexity index is 586. The zero-order valence-electron chi connectivity index (χ0n) is 10.9. The van der Waals surface area contributed by atoms with Gasteiger partial charge in [0.15, 0.2) is 11.6 Å². The van der Waals surface area contributed by atoms with Crippen LogP contribution in [0.3, 0.4) is 0 Å². The molecule has 1 fully saturated rings. The quantitative estimate of drug-likeness (QED) is 0.649. The first-order chi connectivity index (χ1) is 9.75. The molecule has 1 heterocycles. The third kappa shape index (κ3) is 2.64. The lowest BCUT2D eigenvalue weighted by Gasteiger charge is -2.26. The molecule has 0 bridgehead atoms. The summed E-state index contributed by atoms with van der Waals surface area (Å²) in [5.41, 5.74) is -2.68. The molecule has 7 nitrogen and oxygen atoms in total. The summed E-state index contributed by atoms with van der Waals surface area (Å²) in [4.78, 5) is 20.8. The van der Waals surface area contributed by atoms with Gasteiger partial charge < -0.3 is 15.2 Å². The molecule has 0 aliphatic carbocycles. The van der Waals surface area contributed by atoms with Crippen LogP contribution in [0, 0.1) is 27.2 Å². The molecule has 0 radical (unpaired) electrons. The molecule has 1 saturated heterocycles. The van der Waals surface area contributed by atoms with Gasteiger partial charge in [0.2, 0.25) is 0 Å². The molecule has 0 aromatic heterocycles. The minimum Gasteiger partial charge on any atom is -0.481 e. The Morgan fingerprint density at radius 3 is 2.57 bits per heavy atom. The maximum Gasteiger partial charge on any atom is 0.313 e. The molecule has 1 aliphatic rings. The van der Waals surface area contributed by atoms with Gasteiger partial charge in [0.1, 0.15) is 11.1 Å². The number of benzene rings is 1. The zero-order chi connectivity index (χ0) is 15.8. The molecule has 21 heavy (non-hydrogen) atoms. The van der Waals surface area contributed by atoms with Crippen LogP contribution in [0.4, 0.5) is 20.2 Å². The fourth-order valence-electron chi connectivity index (χ4n) is 2.06. The molecule has 0 saturated carbocycles. The van der Waals surface area contributed by atoms with E-state index in [1.807, 2.05) is 0 Å². The number of nitrogens with zero attached hydrogens (tertiary/aromatic N) is 1. The minimum absolute atomic E-state index is 0.0430. The van der Waals surface area contributed by atoms with E-state index in [9.17, 15) is 28.8 Å². The van der Waals surface area contributed by atoms with Crippen LogP contribution < -0.4 is 5.32 Å². The van der Waals surface area contributed by atoms with Gasteiger partial charge >= 0.3 is 5.97 Å². The Morgan fingerprint density at radius 1 is 1.52 bits per heavy atom. The molecular formula is C12H12F2N2O5. The number of carboxylic acids is 1. The highest BCUT2D eigenvalue weighted by molar-refractivity contribution is 5.76. The first-order valence-electron chi connectivity index (χ1n) is 5.97. The summed E-state index contributed by atoms with van der Waals surface area (Å²) in [6.45, 7) is 1.25. The summed E-state index contributed by atoms with van der Waals surface area (Å²) < 4.78 is 32.6. The number of ether oxygens (including phenoxy) is 1. The van der Waals surface area contributed by atoms with E-state index in [1.165, 1.54) is 6.92 Å². The summed E-state index contributed by atoms with van der Waals surface area (Å²) in [6, 6.07) is 0.277. The fraction of sp³-hybridized carbons (Fsp3) is 0.417. The number of hydrogen-bond acceptors (Lipinski definition) is 5. The number of carboxylic acid groups (broad SMARTS) is 1. The SMILES string of the molecule is CC1(C(=O)O)COCC1Nc1c(F)cc([N+](=O)[O-])cc1F. The summed E-state index contributed by atoms with van der Waals surface area (Å²) >= 11 is 0. The van der Waals surface area contributed by atoms with Crippen LogP contribution in [0.1, 0.15) is 6.92 Å². The van der Waals surface area contributed by atoms with Crippen molar-refractivity contribution in [3.05, 3.63) is 33.9 Å². The summed E-state index contributed by atoms with van der Waals surface area (Å²) in [5, 5.41) is 22.1. The number of rotatable bonds is 4. The molecule has 9 heteroatoms. The number of non-ortho nitro benzene ring substituents is 1. The van der Waals surface area contributed by atoms with Gasteiger partial charge in [0.05, 0.1) is 36.3 Å². The highest BCUT2D eigenvalue weighted by atomic mass is 19.1. The van der Waals surface area contributed by atoms with Crippen LogP contribution in [-0.2, 0) is 9.53 Å². The Morgan fingerprint density at radius 2 is 2.10 bits per heavy atom. The maximum absolute atomic E-state index is 13.8. The number of halogens is 2. The van der Waals surface area contributed by atoms with Crippen LogP contribution in [0.5, 0.6) is 0 Å². The van der Waals surface area contributed by atoms with E-state index < -0.39 is 45.4 Å². The van der Waals surface area contributed by atoms with Crippen molar-refractivity contribution in [1.29, 1.82) is 0 Å². The highest BCUT2D eigenvalue weighted by Gasteiger charge is 2.47. The van der Waals surface area contributed by atoms with Gasteiger partial charge in [-0.1, -0.05) is 0 Å². The first kappa shape index (κ1) is 15.1. The van der Waals surface area contributed by atoms with Gasteiger partial charge in [-0.3, -0.25) is 14.9 Å². The van der Waals surface area contributed by atoms with E-state index in [1.54, 1.807) is 0 Å². The Labute approximate surface area is 117 Å². The van der Waals surface area contributed by atoms with Crippen molar-refractivity contribution in [2.24, 2.45) is 5.41 Å². The predicted octanol–water partition coefficient (Wildman–Crippen LogP) is 1.77. The Hall–Kier alpha value is -2.29. The Kier molecular flexibility index (Phi) is 3.77. The van der Waals surface area contributed by atoms with Crippen molar-refractivity contribution in [1.82, 2.24) is 0 Å². The van der Waals surface area contributed by atoms with E-state index in [0.29, 0.717) is 12.1 Å².